The molecule has 2 heterocycles. The molecule has 0 amide bonds. The number of pyridine rings is 1. The number of aromatic nitrogens is 2. The van der Waals surface area contributed by atoms with Gasteiger partial charge in [0.05, 0.1) is 5.39 Å². The second-order valence-corrected chi connectivity index (χ2v) is 3.61. The van der Waals surface area contributed by atoms with Crippen molar-refractivity contribution in [2.24, 2.45) is 0 Å². The summed E-state index contributed by atoms with van der Waals surface area (Å²) in [4.78, 5) is 11.3. The minimum absolute atomic E-state index is 0.210. The van der Waals surface area contributed by atoms with E-state index in [1.807, 2.05) is 16.8 Å². The lowest BCUT2D eigenvalue weighted by Crippen LogP contribution is -2.33. The first-order valence-corrected chi connectivity index (χ1v) is 5.19. The molecule has 0 saturated heterocycles. The van der Waals surface area contributed by atoms with Crippen LogP contribution in [0.2, 0.25) is 0 Å². The molecule has 0 aliphatic rings. The smallest absolute Gasteiger partial charge is 0.288 e. The van der Waals surface area contributed by atoms with Gasteiger partial charge in [0.15, 0.2) is 12.7 Å². The number of rotatable bonds is 4. The predicted octanol–water partition coefficient (Wildman–Crippen LogP) is 1.71. The van der Waals surface area contributed by atoms with Crippen molar-refractivity contribution in [3.8, 4) is 0 Å². The monoisotopic (exact) mass is 229 g/mol. The zero-order valence-electron chi connectivity index (χ0n) is 9.35. The standard InChI is InChI=1S/C13H12N2O2/c1-3-5-10(4-2)8-15-7-6-11-12(9-15)17-14-13(11)16/h3-7,9H,1-2,8H2/p+1/b10-5+. The molecule has 0 unspecified atom stereocenters. The van der Waals surface area contributed by atoms with Crippen LogP contribution in [0.15, 0.2) is 64.7 Å². The van der Waals surface area contributed by atoms with E-state index in [0.29, 0.717) is 17.5 Å². The Morgan fingerprint density at radius 2 is 2.35 bits per heavy atom. The van der Waals surface area contributed by atoms with Crippen LogP contribution in [0.3, 0.4) is 0 Å². The first-order valence-electron chi connectivity index (χ1n) is 5.19. The summed E-state index contributed by atoms with van der Waals surface area (Å²) >= 11 is 0. The number of hydrogen-bond donors (Lipinski definition) is 1. The van der Waals surface area contributed by atoms with Gasteiger partial charge in [0.1, 0.15) is 0 Å². The first-order chi connectivity index (χ1) is 8.24. The fraction of sp³-hybridized carbons (Fsp3) is 0.0769. The SMILES string of the molecule is C=C/C=C(\C=C)C[n+]1ccc2c(=O)[nH]oc2c1. The Labute approximate surface area is 98.2 Å². The van der Waals surface area contributed by atoms with Crippen LogP contribution in [0.1, 0.15) is 0 Å². The average molecular weight is 229 g/mol. The molecule has 86 valence electrons. The molecule has 0 atom stereocenters. The Morgan fingerprint density at radius 3 is 3.06 bits per heavy atom. The van der Waals surface area contributed by atoms with Crippen molar-refractivity contribution in [3.05, 3.63) is 65.8 Å². The zero-order valence-corrected chi connectivity index (χ0v) is 9.35. The van der Waals surface area contributed by atoms with Crippen LogP contribution >= 0.6 is 0 Å². The summed E-state index contributed by atoms with van der Waals surface area (Å²) < 4.78 is 6.95. The van der Waals surface area contributed by atoms with E-state index in [9.17, 15) is 4.79 Å². The number of hydrogen-bond acceptors (Lipinski definition) is 2. The van der Waals surface area contributed by atoms with Gasteiger partial charge >= 0.3 is 0 Å². The van der Waals surface area contributed by atoms with Gasteiger partial charge < -0.3 is 4.52 Å². The summed E-state index contributed by atoms with van der Waals surface area (Å²) in [5, 5.41) is 2.85. The molecule has 0 aliphatic heterocycles. The van der Waals surface area contributed by atoms with Crippen molar-refractivity contribution in [1.29, 1.82) is 0 Å². The van der Waals surface area contributed by atoms with Gasteiger partial charge in [0.25, 0.3) is 5.56 Å². The van der Waals surface area contributed by atoms with Crippen LogP contribution in [0, 0.1) is 0 Å². The highest BCUT2D eigenvalue weighted by atomic mass is 16.5. The van der Waals surface area contributed by atoms with Crippen LogP contribution in [0.25, 0.3) is 11.0 Å². The molecule has 0 aromatic carbocycles. The lowest BCUT2D eigenvalue weighted by molar-refractivity contribution is -0.687. The Balaban J connectivity index is 2.37. The second-order valence-electron chi connectivity index (χ2n) is 3.61. The molecular weight excluding hydrogens is 216 g/mol. The molecule has 0 bridgehead atoms. The molecule has 4 heteroatoms. The Hall–Kier alpha value is -2.36. The van der Waals surface area contributed by atoms with Crippen LogP contribution in [-0.2, 0) is 6.54 Å². The molecule has 2 aromatic heterocycles. The van der Waals surface area contributed by atoms with Crippen molar-refractivity contribution in [2.45, 2.75) is 6.54 Å². The fourth-order valence-corrected chi connectivity index (χ4v) is 1.59. The van der Waals surface area contributed by atoms with Crippen LogP contribution in [-0.4, -0.2) is 5.16 Å². The summed E-state index contributed by atoms with van der Waals surface area (Å²) in [6, 6.07) is 1.73. The molecule has 0 aliphatic carbocycles. The van der Waals surface area contributed by atoms with E-state index >= 15 is 0 Å². The summed E-state index contributed by atoms with van der Waals surface area (Å²) in [6.07, 6.45) is 8.97. The Kier molecular flexibility index (Phi) is 3.05. The topological polar surface area (TPSA) is 49.9 Å². The van der Waals surface area contributed by atoms with E-state index in [-0.39, 0.29) is 5.56 Å². The number of aromatic amines is 1. The molecule has 2 rings (SSSR count). The van der Waals surface area contributed by atoms with Gasteiger partial charge in [-0.05, 0) is 0 Å². The zero-order chi connectivity index (χ0) is 12.3. The van der Waals surface area contributed by atoms with Crippen molar-refractivity contribution in [1.82, 2.24) is 5.16 Å². The van der Waals surface area contributed by atoms with Gasteiger partial charge in [-0.1, -0.05) is 31.4 Å². The second kappa shape index (κ2) is 4.65. The van der Waals surface area contributed by atoms with Crippen molar-refractivity contribution in [2.75, 3.05) is 0 Å². The third-order valence-electron chi connectivity index (χ3n) is 2.44. The molecule has 0 saturated carbocycles. The summed E-state index contributed by atoms with van der Waals surface area (Å²) in [5.74, 6) is 0. The lowest BCUT2D eigenvalue weighted by Gasteiger charge is -1.96. The maximum atomic E-state index is 11.3. The summed E-state index contributed by atoms with van der Waals surface area (Å²) in [6.45, 7) is 8.03. The predicted molar refractivity (Wildman–Crippen MR) is 65.5 cm³/mol. The quantitative estimate of drug-likeness (QED) is 0.641. The highest BCUT2D eigenvalue weighted by molar-refractivity contribution is 5.73. The minimum Gasteiger partial charge on any atom is -0.372 e. The number of nitrogens with zero attached hydrogens (tertiary/aromatic N) is 1. The minimum atomic E-state index is -0.210. The van der Waals surface area contributed by atoms with E-state index in [0.717, 1.165) is 5.57 Å². The molecule has 1 N–H and O–H groups in total. The van der Waals surface area contributed by atoms with Gasteiger partial charge in [0.2, 0.25) is 11.8 Å². The fourth-order valence-electron chi connectivity index (χ4n) is 1.59. The van der Waals surface area contributed by atoms with Gasteiger partial charge in [-0.3, -0.25) is 4.79 Å². The van der Waals surface area contributed by atoms with E-state index in [4.69, 9.17) is 4.52 Å². The Morgan fingerprint density at radius 1 is 1.53 bits per heavy atom. The van der Waals surface area contributed by atoms with E-state index in [1.54, 1.807) is 24.4 Å². The van der Waals surface area contributed by atoms with Crippen LogP contribution in [0.4, 0.5) is 0 Å². The largest absolute Gasteiger partial charge is 0.372 e. The first kappa shape index (κ1) is 11.1. The lowest BCUT2D eigenvalue weighted by atomic mass is 10.2. The molecule has 0 fully saturated rings. The van der Waals surface area contributed by atoms with Crippen LogP contribution < -0.4 is 10.1 Å². The number of nitrogens with one attached hydrogen (secondary N) is 1. The Bertz CT molecular complexity index is 647. The third-order valence-corrected chi connectivity index (χ3v) is 2.44. The van der Waals surface area contributed by atoms with Gasteiger partial charge in [-0.2, -0.15) is 9.72 Å². The number of allylic oxidation sites excluding steroid dienone is 4. The highest BCUT2D eigenvalue weighted by Gasteiger charge is 2.09. The molecule has 2 aromatic rings. The van der Waals surface area contributed by atoms with E-state index in [1.165, 1.54) is 0 Å². The van der Waals surface area contributed by atoms with E-state index in [2.05, 4.69) is 18.3 Å². The summed E-state index contributed by atoms with van der Waals surface area (Å²) in [5.41, 5.74) is 1.36. The molecule has 0 spiro atoms. The van der Waals surface area contributed by atoms with Gasteiger partial charge in [0, 0.05) is 11.6 Å². The van der Waals surface area contributed by atoms with Crippen LogP contribution in [0.5, 0.6) is 0 Å². The summed E-state index contributed by atoms with van der Waals surface area (Å²) in [7, 11) is 0. The van der Waals surface area contributed by atoms with E-state index < -0.39 is 0 Å². The van der Waals surface area contributed by atoms with Crippen molar-refractivity contribution >= 4 is 11.0 Å². The molecule has 17 heavy (non-hydrogen) atoms. The number of fused-ring (bicyclic) bond motifs is 1. The maximum Gasteiger partial charge on any atom is 0.288 e. The van der Waals surface area contributed by atoms with Gasteiger partial charge in [-0.25, -0.2) is 0 Å². The molecule has 0 radical (unpaired) electrons. The average Bonchev–Trinajstić information content (AvgIpc) is 2.70. The van der Waals surface area contributed by atoms with Crippen molar-refractivity contribution in [3.63, 3.8) is 0 Å². The highest BCUT2D eigenvalue weighted by Crippen LogP contribution is 2.05. The molecular formula is C13H13N2O2+. The van der Waals surface area contributed by atoms with Gasteiger partial charge in [-0.15, -0.1) is 0 Å². The number of H-pyrrole nitrogens is 1. The third kappa shape index (κ3) is 2.25. The molecule has 4 nitrogen and oxygen atoms in total. The van der Waals surface area contributed by atoms with Crippen molar-refractivity contribution < 1.29 is 9.09 Å². The maximum absolute atomic E-state index is 11.3. The normalized spacial score (nSPS) is 11.6.